The molecule has 0 atom stereocenters. The van der Waals surface area contributed by atoms with Crippen LogP contribution in [-0.2, 0) is 0 Å². The molecular formula is C2H2NO. The van der Waals surface area contributed by atoms with Crippen molar-refractivity contribution in [2.45, 2.75) is 0 Å². The Morgan fingerprint density at radius 1 is 2.00 bits per heavy atom. The van der Waals surface area contributed by atoms with Crippen LogP contribution in [0, 0.1) is 0 Å². The second-order valence-electron chi connectivity index (χ2n) is 0.258. The molecule has 0 aliphatic carbocycles. The molecule has 1 radical (unpaired) electrons. The minimum Gasteiger partial charge on any atom is -0.506 e. The lowest BCUT2D eigenvalue weighted by atomic mass is 11.1. The third kappa shape index (κ3) is 1.25. The van der Waals surface area contributed by atoms with Crippen LogP contribution in [0.5, 0.6) is 0 Å². The summed E-state index contributed by atoms with van der Waals surface area (Å²) in [5.41, 5.74) is 0. The van der Waals surface area contributed by atoms with Crippen LogP contribution in [0.2, 0.25) is 0 Å². The Kier molecular flexibility index (Phi) is 1.83. The highest BCUT2D eigenvalue weighted by molar-refractivity contribution is 5.45. The van der Waals surface area contributed by atoms with Crippen LogP contribution in [0.4, 0.5) is 0 Å². The standard InChI is InChI=1S/C2H2NO/c3-1-2-4/h2,4H. The Hall–Kier alpha value is -0.750. The highest BCUT2D eigenvalue weighted by Gasteiger charge is 1.28. The second kappa shape index (κ2) is 2.25. The molecule has 0 bridgehead atoms. The van der Waals surface area contributed by atoms with Gasteiger partial charge in [-0.05, 0) is 0 Å². The summed E-state index contributed by atoms with van der Waals surface area (Å²) in [6.45, 7) is 0. The molecule has 0 heterocycles. The topological polar surface area (TPSA) is 42.5 Å². The van der Waals surface area contributed by atoms with Crippen LogP contribution in [0.1, 0.15) is 0 Å². The lowest BCUT2D eigenvalue weighted by molar-refractivity contribution is 0.481. The number of aliphatic hydroxyl groups excluding tert-OH is 1. The molecule has 0 aliphatic heterocycles. The summed E-state index contributed by atoms with van der Waals surface area (Å²) in [4.78, 5) is 0. The van der Waals surface area contributed by atoms with Crippen LogP contribution in [0.3, 0.4) is 0 Å². The molecule has 1 N–H and O–H groups in total. The highest BCUT2D eigenvalue weighted by Crippen LogP contribution is 1.23. The first kappa shape index (κ1) is 3.25. The number of nitrogens with zero attached hydrogens (tertiary/aromatic N) is 1. The maximum Gasteiger partial charge on any atom is 0.142 e. The summed E-state index contributed by atoms with van der Waals surface area (Å²) in [6, 6.07) is 0. The van der Waals surface area contributed by atoms with E-state index in [2.05, 4.69) is 0 Å². The van der Waals surface area contributed by atoms with Gasteiger partial charge in [0.2, 0.25) is 0 Å². The molecule has 21 valence electrons. The third-order valence-electron chi connectivity index (χ3n) is 0.0577. The smallest absolute Gasteiger partial charge is 0.142 e. The van der Waals surface area contributed by atoms with E-state index in [0.717, 1.165) is 0 Å². The zero-order chi connectivity index (χ0) is 3.41. The van der Waals surface area contributed by atoms with Gasteiger partial charge in [0.25, 0.3) is 0 Å². The van der Waals surface area contributed by atoms with Crippen LogP contribution in [0.15, 0.2) is 6.26 Å². The van der Waals surface area contributed by atoms with Crippen molar-refractivity contribution in [2.75, 3.05) is 0 Å². The average molecular weight is 56.0 g/mol. The van der Waals surface area contributed by atoms with Gasteiger partial charge in [-0.25, -0.2) is 0 Å². The molecule has 0 aromatic heterocycles. The first-order valence-corrected chi connectivity index (χ1v) is 0.770. The summed E-state index contributed by atoms with van der Waals surface area (Å²) < 4.78 is 0. The second-order valence-corrected chi connectivity index (χ2v) is 0.258. The molecule has 2 heteroatoms. The quantitative estimate of drug-likeness (QED) is 0.296. The fourth-order valence-corrected chi connectivity index (χ4v) is 0. The molecule has 4 heavy (non-hydrogen) atoms. The Morgan fingerprint density at radius 2 is 2.25 bits per heavy atom. The zero-order valence-corrected chi connectivity index (χ0v) is 1.97. The predicted octanol–water partition coefficient (Wildman–Crippen LogP) is -0.472. The monoisotopic (exact) mass is 56.0 g/mol. The van der Waals surface area contributed by atoms with E-state index >= 15 is 0 Å². The lowest BCUT2D eigenvalue weighted by Crippen LogP contribution is -1.45. The van der Waals surface area contributed by atoms with Crippen LogP contribution < -0.4 is 5.41 Å². The van der Waals surface area contributed by atoms with Crippen molar-refractivity contribution in [1.82, 2.24) is 5.41 Å². The van der Waals surface area contributed by atoms with Crippen molar-refractivity contribution >= 4 is 5.87 Å². The van der Waals surface area contributed by atoms with Gasteiger partial charge in [-0.2, -0.15) is 0 Å². The van der Waals surface area contributed by atoms with E-state index in [-0.39, 0.29) is 0 Å². The molecule has 0 aromatic carbocycles. The number of hydrogen-bond donors (Lipinski definition) is 1. The zero-order valence-electron chi connectivity index (χ0n) is 1.97. The largest absolute Gasteiger partial charge is 0.506 e. The van der Waals surface area contributed by atoms with Crippen molar-refractivity contribution in [3.63, 3.8) is 0 Å². The van der Waals surface area contributed by atoms with Gasteiger partial charge in [0.1, 0.15) is 6.26 Å². The van der Waals surface area contributed by atoms with Gasteiger partial charge < -0.3 is 5.11 Å². The van der Waals surface area contributed by atoms with Gasteiger partial charge >= 0.3 is 0 Å². The average Bonchev–Trinajstić information content (AvgIpc) is 1.37. The van der Waals surface area contributed by atoms with Crippen molar-refractivity contribution in [3.8, 4) is 0 Å². The number of aliphatic hydroxyl groups is 1. The molecule has 0 amide bonds. The molecule has 0 aromatic rings. The summed E-state index contributed by atoms with van der Waals surface area (Å²) in [7, 11) is 0. The van der Waals surface area contributed by atoms with Gasteiger partial charge in [-0.15, -0.1) is 0 Å². The Labute approximate surface area is 23.9 Å². The maximum absolute atomic E-state index is 7.39. The normalized spacial score (nSPS) is 4.00. The molecule has 0 rings (SSSR count). The maximum atomic E-state index is 7.39. The van der Waals surface area contributed by atoms with Gasteiger partial charge in [-0.1, -0.05) is 5.41 Å². The molecule has 0 aliphatic rings. The van der Waals surface area contributed by atoms with Crippen molar-refractivity contribution < 1.29 is 5.11 Å². The van der Waals surface area contributed by atoms with E-state index in [0.29, 0.717) is 6.26 Å². The minimum atomic E-state index is 0.431. The Balaban J connectivity index is 3.11. The van der Waals surface area contributed by atoms with Crippen LogP contribution in [0.25, 0.3) is 0 Å². The van der Waals surface area contributed by atoms with E-state index in [1.807, 2.05) is 0 Å². The van der Waals surface area contributed by atoms with Crippen molar-refractivity contribution in [2.24, 2.45) is 0 Å². The molecule has 0 saturated heterocycles. The van der Waals surface area contributed by atoms with Gasteiger partial charge in [0, 0.05) is 5.87 Å². The number of hydrogen-bond acceptors (Lipinski definition) is 1. The highest BCUT2D eigenvalue weighted by atomic mass is 16.2. The van der Waals surface area contributed by atoms with E-state index < -0.39 is 0 Å². The number of rotatable bonds is 0. The van der Waals surface area contributed by atoms with E-state index in [9.17, 15) is 0 Å². The minimum absolute atomic E-state index is 0.431. The molecule has 0 saturated carbocycles. The van der Waals surface area contributed by atoms with E-state index in [4.69, 9.17) is 10.5 Å². The van der Waals surface area contributed by atoms with Crippen molar-refractivity contribution in [1.29, 1.82) is 0 Å². The molecular weight excluding hydrogens is 54.0 g/mol. The third-order valence-corrected chi connectivity index (χ3v) is 0.0577. The molecule has 0 fully saturated rings. The first-order valence-electron chi connectivity index (χ1n) is 0.770. The molecule has 0 spiro atoms. The van der Waals surface area contributed by atoms with E-state index in [1.165, 1.54) is 5.87 Å². The van der Waals surface area contributed by atoms with Crippen LogP contribution >= 0.6 is 0 Å². The SMILES string of the molecule is [N]=C=CO. The summed E-state index contributed by atoms with van der Waals surface area (Å²) >= 11 is 0. The first-order chi connectivity index (χ1) is 1.91. The molecule has 2 nitrogen and oxygen atoms in total. The van der Waals surface area contributed by atoms with E-state index in [1.54, 1.807) is 0 Å². The Bertz CT molecular complexity index is 44.0. The summed E-state index contributed by atoms with van der Waals surface area (Å²) in [6.07, 6.45) is 0.431. The van der Waals surface area contributed by atoms with Gasteiger partial charge in [0.15, 0.2) is 0 Å². The fourth-order valence-electron chi connectivity index (χ4n) is 0. The molecule has 0 unspecified atom stereocenters. The van der Waals surface area contributed by atoms with Gasteiger partial charge in [0.05, 0.1) is 0 Å². The Morgan fingerprint density at radius 3 is 2.25 bits per heavy atom. The lowest BCUT2D eigenvalue weighted by Gasteiger charge is -1.42. The van der Waals surface area contributed by atoms with Gasteiger partial charge in [-0.3, -0.25) is 0 Å². The van der Waals surface area contributed by atoms with Crippen molar-refractivity contribution in [3.05, 3.63) is 6.26 Å². The fraction of sp³-hybridized carbons (Fsp3) is 0. The van der Waals surface area contributed by atoms with Crippen LogP contribution in [-0.4, -0.2) is 11.0 Å². The predicted molar refractivity (Wildman–Crippen MR) is 14.3 cm³/mol. The summed E-state index contributed by atoms with van der Waals surface area (Å²) in [5.74, 6) is 1.36. The summed E-state index contributed by atoms with van der Waals surface area (Å²) in [5, 5.41) is 14.7.